The number of halogens is 1. The first-order valence-corrected chi connectivity index (χ1v) is 6.81. The van der Waals surface area contributed by atoms with Crippen molar-refractivity contribution in [2.45, 2.75) is 0 Å². The van der Waals surface area contributed by atoms with Gasteiger partial charge in [-0.15, -0.1) is 0 Å². The predicted molar refractivity (Wildman–Crippen MR) is 84.9 cm³/mol. The van der Waals surface area contributed by atoms with Crippen LogP contribution in [0.3, 0.4) is 0 Å². The van der Waals surface area contributed by atoms with Gasteiger partial charge in [0.15, 0.2) is 0 Å². The van der Waals surface area contributed by atoms with Crippen molar-refractivity contribution < 1.29 is 13.9 Å². The standard InChI is InChI=1S/C18H14FNO2/c1-22-17-15-5-3-2-4-12(15)6-11-16(17)18(21)20-14-9-7-13(19)8-10-14/h2-11H,1H3,(H,20,21). The average molecular weight is 295 g/mol. The van der Waals surface area contributed by atoms with Gasteiger partial charge >= 0.3 is 0 Å². The third kappa shape index (κ3) is 2.63. The van der Waals surface area contributed by atoms with Crippen molar-refractivity contribution in [3.8, 4) is 5.75 Å². The number of amides is 1. The topological polar surface area (TPSA) is 38.3 Å². The van der Waals surface area contributed by atoms with Crippen LogP contribution in [0.15, 0.2) is 60.7 Å². The molecule has 0 unspecified atom stereocenters. The number of fused-ring (bicyclic) bond motifs is 1. The summed E-state index contributed by atoms with van der Waals surface area (Å²) in [6.07, 6.45) is 0. The fraction of sp³-hybridized carbons (Fsp3) is 0.0556. The molecule has 1 amide bonds. The molecule has 0 bridgehead atoms. The molecule has 3 rings (SSSR count). The first-order chi connectivity index (χ1) is 10.7. The molecule has 0 heterocycles. The fourth-order valence-corrected chi connectivity index (χ4v) is 2.37. The quantitative estimate of drug-likeness (QED) is 0.785. The second kappa shape index (κ2) is 5.85. The second-order valence-electron chi connectivity index (χ2n) is 4.83. The monoisotopic (exact) mass is 295 g/mol. The van der Waals surface area contributed by atoms with Crippen molar-refractivity contribution in [1.29, 1.82) is 0 Å². The van der Waals surface area contributed by atoms with Crippen LogP contribution in [0.1, 0.15) is 10.4 Å². The summed E-state index contributed by atoms with van der Waals surface area (Å²) in [5, 5.41) is 4.61. The molecule has 3 aromatic rings. The molecule has 1 N–H and O–H groups in total. The van der Waals surface area contributed by atoms with Crippen molar-refractivity contribution in [2.75, 3.05) is 12.4 Å². The van der Waals surface area contributed by atoms with Crippen LogP contribution in [0.5, 0.6) is 5.75 Å². The van der Waals surface area contributed by atoms with Crippen molar-refractivity contribution in [1.82, 2.24) is 0 Å². The molecule has 3 aromatic carbocycles. The Morgan fingerprint density at radius 2 is 1.73 bits per heavy atom. The predicted octanol–water partition coefficient (Wildman–Crippen LogP) is 4.24. The largest absolute Gasteiger partial charge is 0.495 e. The van der Waals surface area contributed by atoms with E-state index in [0.717, 1.165) is 10.8 Å². The van der Waals surface area contributed by atoms with E-state index >= 15 is 0 Å². The van der Waals surface area contributed by atoms with E-state index in [2.05, 4.69) is 5.32 Å². The van der Waals surface area contributed by atoms with E-state index in [1.807, 2.05) is 30.3 Å². The lowest BCUT2D eigenvalue weighted by Crippen LogP contribution is -2.13. The van der Waals surface area contributed by atoms with Gasteiger partial charge < -0.3 is 10.1 Å². The Hall–Kier alpha value is -2.88. The Kier molecular flexibility index (Phi) is 3.74. The molecule has 110 valence electrons. The molecule has 0 radical (unpaired) electrons. The summed E-state index contributed by atoms with van der Waals surface area (Å²) in [4.78, 5) is 12.4. The molecule has 0 aliphatic heterocycles. The molecule has 3 nitrogen and oxygen atoms in total. The average Bonchev–Trinajstić information content (AvgIpc) is 2.55. The van der Waals surface area contributed by atoms with Crippen LogP contribution >= 0.6 is 0 Å². The third-order valence-corrected chi connectivity index (χ3v) is 3.43. The first kappa shape index (κ1) is 14.1. The number of carbonyl (C=O) groups excluding carboxylic acids is 1. The number of anilines is 1. The summed E-state index contributed by atoms with van der Waals surface area (Å²) < 4.78 is 18.3. The molecular formula is C18H14FNO2. The lowest BCUT2D eigenvalue weighted by molar-refractivity contribution is 0.102. The van der Waals surface area contributed by atoms with Crippen LogP contribution in [0, 0.1) is 5.82 Å². The highest BCUT2D eigenvalue weighted by Gasteiger charge is 2.15. The Morgan fingerprint density at radius 3 is 2.45 bits per heavy atom. The number of carbonyl (C=O) groups is 1. The van der Waals surface area contributed by atoms with Gasteiger partial charge in [-0.1, -0.05) is 30.3 Å². The van der Waals surface area contributed by atoms with Gasteiger partial charge in [0.05, 0.1) is 12.7 Å². The van der Waals surface area contributed by atoms with Crippen LogP contribution in [0.4, 0.5) is 10.1 Å². The molecule has 0 spiro atoms. The number of rotatable bonds is 3. The van der Waals surface area contributed by atoms with E-state index in [-0.39, 0.29) is 11.7 Å². The van der Waals surface area contributed by atoms with Crippen LogP contribution in [-0.4, -0.2) is 13.0 Å². The zero-order valence-electron chi connectivity index (χ0n) is 12.0. The highest BCUT2D eigenvalue weighted by Crippen LogP contribution is 2.30. The van der Waals surface area contributed by atoms with Crippen LogP contribution in [-0.2, 0) is 0 Å². The third-order valence-electron chi connectivity index (χ3n) is 3.43. The van der Waals surface area contributed by atoms with Gasteiger partial charge in [-0.05, 0) is 35.7 Å². The van der Waals surface area contributed by atoms with Gasteiger partial charge in [-0.3, -0.25) is 4.79 Å². The SMILES string of the molecule is COc1c(C(=O)Nc2ccc(F)cc2)ccc2ccccc12. The highest BCUT2D eigenvalue weighted by molar-refractivity contribution is 6.10. The van der Waals surface area contributed by atoms with E-state index in [1.165, 1.54) is 31.4 Å². The van der Waals surface area contributed by atoms with Gasteiger partial charge in [0.25, 0.3) is 5.91 Å². The maximum atomic E-state index is 12.9. The molecular weight excluding hydrogens is 281 g/mol. The van der Waals surface area contributed by atoms with E-state index in [9.17, 15) is 9.18 Å². The summed E-state index contributed by atoms with van der Waals surface area (Å²) in [6.45, 7) is 0. The van der Waals surface area contributed by atoms with Gasteiger partial charge in [-0.25, -0.2) is 4.39 Å². The number of ether oxygens (including phenoxy) is 1. The molecule has 0 saturated heterocycles. The van der Waals surface area contributed by atoms with Gasteiger partial charge in [0.1, 0.15) is 11.6 Å². The first-order valence-electron chi connectivity index (χ1n) is 6.81. The normalized spacial score (nSPS) is 10.5. The van der Waals surface area contributed by atoms with Crippen LogP contribution in [0.25, 0.3) is 10.8 Å². The molecule has 0 aliphatic carbocycles. The summed E-state index contributed by atoms with van der Waals surface area (Å²) >= 11 is 0. The lowest BCUT2D eigenvalue weighted by Gasteiger charge is -2.12. The zero-order chi connectivity index (χ0) is 15.5. The van der Waals surface area contributed by atoms with E-state index < -0.39 is 0 Å². The minimum atomic E-state index is -0.346. The van der Waals surface area contributed by atoms with Crippen LogP contribution in [0.2, 0.25) is 0 Å². The minimum Gasteiger partial charge on any atom is -0.495 e. The lowest BCUT2D eigenvalue weighted by atomic mass is 10.0. The molecule has 0 saturated carbocycles. The van der Waals surface area contributed by atoms with Gasteiger partial charge in [-0.2, -0.15) is 0 Å². The molecule has 0 aliphatic rings. The maximum Gasteiger partial charge on any atom is 0.259 e. The van der Waals surface area contributed by atoms with Crippen molar-refractivity contribution in [3.05, 3.63) is 72.0 Å². The van der Waals surface area contributed by atoms with Crippen molar-refractivity contribution >= 4 is 22.4 Å². The Bertz CT molecular complexity index is 828. The number of benzene rings is 3. The Morgan fingerprint density at radius 1 is 1.00 bits per heavy atom. The number of methoxy groups -OCH3 is 1. The Labute approximate surface area is 127 Å². The second-order valence-corrected chi connectivity index (χ2v) is 4.83. The molecule has 0 atom stereocenters. The van der Waals surface area contributed by atoms with E-state index in [1.54, 1.807) is 6.07 Å². The Balaban J connectivity index is 1.98. The van der Waals surface area contributed by atoms with Crippen molar-refractivity contribution in [3.63, 3.8) is 0 Å². The number of nitrogens with one attached hydrogen (secondary N) is 1. The summed E-state index contributed by atoms with van der Waals surface area (Å²) in [5.74, 6) is -0.117. The molecule has 0 aromatic heterocycles. The summed E-state index contributed by atoms with van der Waals surface area (Å²) in [6, 6.07) is 16.9. The van der Waals surface area contributed by atoms with Gasteiger partial charge in [0.2, 0.25) is 0 Å². The van der Waals surface area contributed by atoms with E-state index in [4.69, 9.17) is 4.74 Å². The maximum absolute atomic E-state index is 12.9. The number of hydrogen-bond donors (Lipinski definition) is 1. The summed E-state index contributed by atoms with van der Waals surface area (Å²) in [7, 11) is 1.54. The minimum absolute atomic E-state index is 0.297. The molecule has 22 heavy (non-hydrogen) atoms. The fourth-order valence-electron chi connectivity index (χ4n) is 2.37. The zero-order valence-corrected chi connectivity index (χ0v) is 12.0. The smallest absolute Gasteiger partial charge is 0.259 e. The van der Waals surface area contributed by atoms with Crippen LogP contribution < -0.4 is 10.1 Å². The van der Waals surface area contributed by atoms with Gasteiger partial charge in [0, 0.05) is 11.1 Å². The molecule has 0 fully saturated rings. The highest BCUT2D eigenvalue weighted by atomic mass is 19.1. The summed E-state index contributed by atoms with van der Waals surface area (Å²) in [5.41, 5.74) is 0.965. The number of hydrogen-bond acceptors (Lipinski definition) is 2. The van der Waals surface area contributed by atoms with Crippen molar-refractivity contribution in [2.24, 2.45) is 0 Å². The van der Waals surface area contributed by atoms with E-state index in [0.29, 0.717) is 17.0 Å². The molecule has 4 heteroatoms.